The lowest BCUT2D eigenvalue weighted by Crippen LogP contribution is -2.30. The Morgan fingerprint density at radius 3 is 2.65 bits per heavy atom. The van der Waals surface area contributed by atoms with Crippen LogP contribution in [0.1, 0.15) is 34.8 Å². The van der Waals surface area contributed by atoms with Gasteiger partial charge in [-0.2, -0.15) is 0 Å². The second-order valence-corrected chi connectivity index (χ2v) is 5.01. The Bertz CT molecular complexity index is 643. The minimum atomic E-state index is -0.118. The van der Waals surface area contributed by atoms with Crippen molar-refractivity contribution in [2.45, 2.75) is 18.9 Å². The van der Waals surface area contributed by atoms with Crippen molar-refractivity contribution in [3.8, 4) is 0 Å². The molecule has 3 rings (SSSR count). The summed E-state index contributed by atoms with van der Waals surface area (Å²) >= 11 is 0. The molecule has 4 heteroatoms. The number of benzene rings is 1. The van der Waals surface area contributed by atoms with Crippen molar-refractivity contribution in [2.24, 2.45) is 0 Å². The highest BCUT2D eigenvalue weighted by Crippen LogP contribution is 2.32. The molecule has 1 aromatic heterocycles. The van der Waals surface area contributed by atoms with Gasteiger partial charge in [0.2, 0.25) is 5.56 Å². The molecule has 1 aliphatic heterocycles. The van der Waals surface area contributed by atoms with Crippen molar-refractivity contribution in [1.82, 2.24) is 9.88 Å². The van der Waals surface area contributed by atoms with E-state index in [1.807, 2.05) is 35.2 Å². The molecular weight excluding hydrogens is 252 g/mol. The smallest absolute Gasteiger partial charge is 0.254 e. The van der Waals surface area contributed by atoms with Crippen LogP contribution in [0.2, 0.25) is 0 Å². The Kier molecular flexibility index (Phi) is 3.37. The van der Waals surface area contributed by atoms with E-state index in [0.717, 1.165) is 24.9 Å². The van der Waals surface area contributed by atoms with E-state index >= 15 is 0 Å². The van der Waals surface area contributed by atoms with Gasteiger partial charge in [-0.1, -0.05) is 24.3 Å². The lowest BCUT2D eigenvalue weighted by Gasteiger charge is -2.25. The number of nitrogens with zero attached hydrogens (tertiary/aromatic N) is 1. The van der Waals surface area contributed by atoms with Gasteiger partial charge in [-0.05, 0) is 30.5 Å². The number of aromatic amines is 1. The Balaban J connectivity index is 1.87. The highest BCUT2D eigenvalue weighted by molar-refractivity contribution is 5.94. The molecule has 4 nitrogen and oxygen atoms in total. The van der Waals surface area contributed by atoms with Gasteiger partial charge >= 0.3 is 0 Å². The first-order chi connectivity index (χ1) is 9.75. The van der Waals surface area contributed by atoms with Gasteiger partial charge in [-0.15, -0.1) is 0 Å². The van der Waals surface area contributed by atoms with E-state index < -0.39 is 0 Å². The molecule has 1 aliphatic rings. The van der Waals surface area contributed by atoms with Crippen LogP contribution in [0.5, 0.6) is 0 Å². The van der Waals surface area contributed by atoms with Gasteiger partial charge in [-0.3, -0.25) is 9.59 Å². The van der Waals surface area contributed by atoms with Crippen LogP contribution in [-0.2, 0) is 0 Å². The van der Waals surface area contributed by atoms with Crippen LogP contribution in [-0.4, -0.2) is 22.3 Å². The summed E-state index contributed by atoms with van der Waals surface area (Å²) in [6, 6.07) is 12.7. The van der Waals surface area contributed by atoms with Crippen LogP contribution in [0.15, 0.2) is 53.5 Å². The molecule has 2 heterocycles. The predicted octanol–water partition coefficient (Wildman–Crippen LogP) is 2.35. The number of H-pyrrole nitrogens is 1. The molecule has 0 bridgehead atoms. The van der Waals surface area contributed by atoms with Crippen molar-refractivity contribution in [2.75, 3.05) is 6.54 Å². The minimum Gasteiger partial charge on any atom is -0.332 e. The van der Waals surface area contributed by atoms with Crippen LogP contribution < -0.4 is 5.56 Å². The van der Waals surface area contributed by atoms with Crippen molar-refractivity contribution in [1.29, 1.82) is 0 Å². The van der Waals surface area contributed by atoms with Crippen LogP contribution in [0.25, 0.3) is 0 Å². The molecule has 1 atom stereocenters. The molecule has 2 aromatic rings. The van der Waals surface area contributed by atoms with Crippen molar-refractivity contribution < 1.29 is 4.79 Å². The second kappa shape index (κ2) is 5.33. The molecular formula is C16H16N2O2. The number of likely N-dealkylation sites (tertiary alicyclic amines) is 1. The van der Waals surface area contributed by atoms with E-state index in [9.17, 15) is 9.59 Å². The standard InChI is InChI=1S/C16H16N2O2/c19-15-9-8-13(11-17-15)14-7-4-10-18(14)16(20)12-5-2-1-3-6-12/h1-3,5-6,8-9,11,14H,4,7,10H2,(H,17,19)/t14-/m1/s1. The fraction of sp³-hybridized carbons (Fsp3) is 0.250. The molecule has 0 aliphatic carbocycles. The summed E-state index contributed by atoms with van der Waals surface area (Å²) in [5.74, 6) is 0.0549. The Morgan fingerprint density at radius 1 is 1.15 bits per heavy atom. The van der Waals surface area contributed by atoms with Crippen LogP contribution in [0.3, 0.4) is 0 Å². The third kappa shape index (κ3) is 2.37. The maximum atomic E-state index is 12.6. The first-order valence-electron chi connectivity index (χ1n) is 6.80. The molecule has 102 valence electrons. The molecule has 1 amide bonds. The van der Waals surface area contributed by atoms with E-state index in [4.69, 9.17) is 0 Å². The maximum Gasteiger partial charge on any atom is 0.254 e. The lowest BCUT2D eigenvalue weighted by atomic mass is 10.1. The van der Waals surface area contributed by atoms with E-state index in [0.29, 0.717) is 5.56 Å². The number of pyridine rings is 1. The number of nitrogens with one attached hydrogen (secondary N) is 1. The van der Waals surface area contributed by atoms with E-state index in [1.54, 1.807) is 12.3 Å². The summed E-state index contributed by atoms with van der Waals surface area (Å²) in [5, 5.41) is 0. The molecule has 0 unspecified atom stereocenters. The number of rotatable bonds is 2. The highest BCUT2D eigenvalue weighted by atomic mass is 16.2. The molecule has 1 saturated heterocycles. The van der Waals surface area contributed by atoms with Gasteiger partial charge in [0.1, 0.15) is 0 Å². The number of aromatic nitrogens is 1. The predicted molar refractivity (Wildman–Crippen MR) is 76.5 cm³/mol. The average molecular weight is 268 g/mol. The SMILES string of the molecule is O=C(c1ccccc1)N1CCC[C@@H]1c1ccc(=O)[nH]c1. The summed E-state index contributed by atoms with van der Waals surface area (Å²) in [4.78, 5) is 28.3. The first kappa shape index (κ1) is 12.7. The number of hydrogen-bond acceptors (Lipinski definition) is 2. The quantitative estimate of drug-likeness (QED) is 0.909. The maximum absolute atomic E-state index is 12.6. The van der Waals surface area contributed by atoms with Gasteiger partial charge in [0.15, 0.2) is 0 Å². The zero-order chi connectivity index (χ0) is 13.9. The molecule has 0 saturated carbocycles. The first-order valence-corrected chi connectivity index (χ1v) is 6.80. The zero-order valence-corrected chi connectivity index (χ0v) is 11.1. The second-order valence-electron chi connectivity index (χ2n) is 5.01. The number of carbonyl (C=O) groups is 1. The summed E-state index contributed by atoms with van der Waals surface area (Å²) in [6.07, 6.45) is 3.64. The molecule has 1 N–H and O–H groups in total. The number of amides is 1. The Morgan fingerprint density at radius 2 is 1.95 bits per heavy atom. The number of carbonyl (C=O) groups excluding carboxylic acids is 1. The van der Waals surface area contributed by atoms with Crippen molar-refractivity contribution >= 4 is 5.91 Å². The lowest BCUT2D eigenvalue weighted by molar-refractivity contribution is 0.0735. The van der Waals surface area contributed by atoms with Crippen LogP contribution in [0, 0.1) is 0 Å². The summed E-state index contributed by atoms with van der Waals surface area (Å²) in [6.45, 7) is 0.761. The van der Waals surface area contributed by atoms with E-state index in [-0.39, 0.29) is 17.5 Å². The van der Waals surface area contributed by atoms with Gasteiger partial charge in [0, 0.05) is 24.4 Å². The van der Waals surface area contributed by atoms with Gasteiger partial charge in [-0.25, -0.2) is 0 Å². The normalized spacial score (nSPS) is 18.2. The Hall–Kier alpha value is -2.36. The summed E-state index contributed by atoms with van der Waals surface area (Å²) < 4.78 is 0. The molecule has 0 radical (unpaired) electrons. The van der Waals surface area contributed by atoms with Crippen molar-refractivity contribution in [3.63, 3.8) is 0 Å². The minimum absolute atomic E-state index is 0.0549. The van der Waals surface area contributed by atoms with Gasteiger partial charge in [0.25, 0.3) is 5.91 Å². The fourth-order valence-electron chi connectivity index (χ4n) is 2.73. The molecule has 0 spiro atoms. The summed E-state index contributed by atoms with van der Waals surface area (Å²) in [7, 11) is 0. The highest BCUT2D eigenvalue weighted by Gasteiger charge is 2.30. The largest absolute Gasteiger partial charge is 0.332 e. The van der Waals surface area contributed by atoms with Crippen molar-refractivity contribution in [3.05, 3.63) is 70.1 Å². The summed E-state index contributed by atoms with van der Waals surface area (Å²) in [5.41, 5.74) is 1.59. The molecule has 1 aromatic carbocycles. The third-order valence-electron chi connectivity index (χ3n) is 3.73. The topological polar surface area (TPSA) is 53.2 Å². The van der Waals surface area contributed by atoms with Crippen LogP contribution in [0.4, 0.5) is 0 Å². The van der Waals surface area contributed by atoms with Crippen LogP contribution >= 0.6 is 0 Å². The number of hydrogen-bond donors (Lipinski definition) is 1. The molecule has 20 heavy (non-hydrogen) atoms. The third-order valence-corrected chi connectivity index (χ3v) is 3.73. The van der Waals surface area contributed by atoms with E-state index in [1.165, 1.54) is 6.07 Å². The monoisotopic (exact) mass is 268 g/mol. The van der Waals surface area contributed by atoms with E-state index in [2.05, 4.69) is 4.98 Å². The average Bonchev–Trinajstić information content (AvgIpc) is 2.97. The van der Waals surface area contributed by atoms with Gasteiger partial charge < -0.3 is 9.88 Å². The molecule has 1 fully saturated rings. The fourth-order valence-corrected chi connectivity index (χ4v) is 2.73. The van der Waals surface area contributed by atoms with Gasteiger partial charge in [0.05, 0.1) is 6.04 Å². The Labute approximate surface area is 117 Å². The zero-order valence-electron chi connectivity index (χ0n) is 11.1.